The van der Waals surface area contributed by atoms with E-state index in [2.05, 4.69) is 26.2 Å². The van der Waals surface area contributed by atoms with Gasteiger partial charge in [0.1, 0.15) is 0 Å². The topological polar surface area (TPSA) is 67.8 Å². The van der Waals surface area contributed by atoms with Gasteiger partial charge in [-0.2, -0.15) is 4.99 Å². The van der Waals surface area contributed by atoms with Crippen LogP contribution in [0.1, 0.15) is 33.9 Å². The van der Waals surface area contributed by atoms with Gasteiger partial charge in [-0.3, -0.25) is 4.79 Å². The largest absolute Gasteiger partial charge is 0.451 e. The quantitative estimate of drug-likeness (QED) is 0.485. The van der Waals surface area contributed by atoms with Crippen LogP contribution in [0.4, 0.5) is 4.79 Å². The minimum Gasteiger partial charge on any atom is -0.451 e. The average Bonchev–Trinajstić information content (AvgIpc) is 2.79. The van der Waals surface area contributed by atoms with Gasteiger partial charge in [-0.1, -0.05) is 76.6 Å². The zero-order valence-electron chi connectivity index (χ0n) is 16.4. The summed E-state index contributed by atoms with van der Waals surface area (Å²) in [5.74, 6) is -0.203. The minimum atomic E-state index is -0.684. The van der Waals surface area contributed by atoms with Crippen molar-refractivity contribution in [1.29, 1.82) is 0 Å². The van der Waals surface area contributed by atoms with Crippen LogP contribution in [0.15, 0.2) is 94.4 Å². The second-order valence-electron chi connectivity index (χ2n) is 6.55. The van der Waals surface area contributed by atoms with Gasteiger partial charge in [-0.15, -0.1) is 0 Å². The van der Waals surface area contributed by atoms with Crippen molar-refractivity contribution in [2.75, 3.05) is 7.11 Å². The van der Waals surface area contributed by atoms with Crippen molar-refractivity contribution >= 4 is 33.6 Å². The maximum Gasteiger partial charge on any atom is 0.433 e. The van der Waals surface area contributed by atoms with Crippen LogP contribution in [0.3, 0.4) is 0 Å². The molecule has 0 aliphatic carbocycles. The molecular formula is C24H21BrN2O3. The fourth-order valence-electron chi connectivity index (χ4n) is 3.01. The number of nitrogens with zero attached hydrogens (tertiary/aromatic N) is 1. The van der Waals surface area contributed by atoms with E-state index in [0.717, 1.165) is 15.6 Å². The Bertz CT molecular complexity index is 1040. The summed E-state index contributed by atoms with van der Waals surface area (Å²) >= 11 is 3.49. The second-order valence-corrected chi connectivity index (χ2v) is 7.46. The molecule has 0 aliphatic rings. The SMILES string of the molecule is COC(=O)/N=C(/C[C@H](NC(=O)c1ccccc1)c1cccc(Br)c1)c1ccccc1. The first-order valence-corrected chi connectivity index (χ1v) is 10.2. The number of amides is 2. The van der Waals surface area contributed by atoms with E-state index in [9.17, 15) is 9.59 Å². The van der Waals surface area contributed by atoms with E-state index in [-0.39, 0.29) is 5.91 Å². The molecule has 0 spiro atoms. The first-order valence-electron chi connectivity index (χ1n) is 9.39. The van der Waals surface area contributed by atoms with Crippen molar-refractivity contribution in [2.45, 2.75) is 12.5 Å². The Hall–Kier alpha value is -3.25. The maximum atomic E-state index is 12.9. The van der Waals surface area contributed by atoms with Gasteiger partial charge in [-0.05, 0) is 35.4 Å². The molecule has 0 saturated carbocycles. The number of ether oxygens (including phenoxy) is 1. The van der Waals surface area contributed by atoms with Gasteiger partial charge >= 0.3 is 6.09 Å². The van der Waals surface area contributed by atoms with Crippen molar-refractivity contribution in [3.8, 4) is 0 Å². The van der Waals surface area contributed by atoms with Crippen LogP contribution >= 0.6 is 15.9 Å². The summed E-state index contributed by atoms with van der Waals surface area (Å²) in [4.78, 5) is 28.9. The molecule has 0 aliphatic heterocycles. The molecule has 0 saturated heterocycles. The van der Waals surface area contributed by atoms with Gasteiger partial charge in [0.05, 0.1) is 18.9 Å². The summed E-state index contributed by atoms with van der Waals surface area (Å²) in [5, 5.41) is 3.08. The Balaban J connectivity index is 1.96. The normalized spacial score (nSPS) is 12.1. The summed E-state index contributed by atoms with van der Waals surface area (Å²) in [6, 6.07) is 25.7. The van der Waals surface area contributed by atoms with Gasteiger partial charge in [0.2, 0.25) is 0 Å². The first kappa shape index (κ1) is 21.5. The summed E-state index contributed by atoms with van der Waals surface area (Å²) in [5.41, 5.74) is 2.77. The van der Waals surface area contributed by atoms with E-state index >= 15 is 0 Å². The predicted octanol–water partition coefficient (Wildman–Crippen LogP) is 5.57. The summed E-state index contributed by atoms with van der Waals surface area (Å²) in [6.45, 7) is 0. The third-order valence-electron chi connectivity index (χ3n) is 4.50. The molecule has 0 heterocycles. The number of carbonyl (C=O) groups is 2. The molecule has 0 unspecified atom stereocenters. The molecule has 6 heteroatoms. The monoisotopic (exact) mass is 464 g/mol. The molecule has 152 valence electrons. The molecule has 2 amide bonds. The highest BCUT2D eigenvalue weighted by atomic mass is 79.9. The molecule has 1 atom stereocenters. The third kappa shape index (κ3) is 5.87. The number of halogens is 1. The number of aliphatic imine (C=N–C) groups is 1. The summed E-state index contributed by atoms with van der Waals surface area (Å²) in [6.07, 6.45) is -0.370. The molecule has 0 aromatic heterocycles. The smallest absolute Gasteiger partial charge is 0.433 e. The third-order valence-corrected chi connectivity index (χ3v) is 4.99. The van der Waals surface area contributed by atoms with Gasteiger partial charge in [0.15, 0.2) is 0 Å². The number of rotatable bonds is 6. The van der Waals surface area contributed by atoms with E-state index in [1.54, 1.807) is 12.1 Å². The zero-order valence-corrected chi connectivity index (χ0v) is 18.0. The Kier molecular flexibility index (Phi) is 7.51. The van der Waals surface area contributed by atoms with Gasteiger partial charge < -0.3 is 10.1 Å². The van der Waals surface area contributed by atoms with Crippen LogP contribution < -0.4 is 5.32 Å². The lowest BCUT2D eigenvalue weighted by Crippen LogP contribution is -2.30. The number of carbonyl (C=O) groups excluding carboxylic acids is 2. The minimum absolute atomic E-state index is 0.203. The zero-order chi connectivity index (χ0) is 21.3. The Morgan fingerprint density at radius 3 is 2.17 bits per heavy atom. The van der Waals surface area contributed by atoms with Crippen molar-refractivity contribution in [1.82, 2.24) is 5.32 Å². The molecule has 3 rings (SSSR count). The molecule has 0 radical (unpaired) electrons. The van der Waals surface area contributed by atoms with E-state index < -0.39 is 12.1 Å². The lowest BCUT2D eigenvalue weighted by Gasteiger charge is -2.21. The highest BCUT2D eigenvalue weighted by Gasteiger charge is 2.20. The predicted molar refractivity (Wildman–Crippen MR) is 121 cm³/mol. The Morgan fingerprint density at radius 2 is 1.57 bits per heavy atom. The fourth-order valence-corrected chi connectivity index (χ4v) is 3.43. The Labute approximate surface area is 183 Å². The lowest BCUT2D eigenvalue weighted by atomic mass is 9.96. The second kappa shape index (κ2) is 10.5. The van der Waals surface area contributed by atoms with Crippen molar-refractivity contribution in [3.05, 3.63) is 106 Å². The van der Waals surface area contributed by atoms with Crippen LogP contribution in [-0.2, 0) is 4.74 Å². The molecule has 30 heavy (non-hydrogen) atoms. The van der Waals surface area contributed by atoms with Crippen LogP contribution in [0.2, 0.25) is 0 Å². The van der Waals surface area contributed by atoms with Crippen LogP contribution in [0.5, 0.6) is 0 Å². The molecule has 0 fully saturated rings. The van der Waals surface area contributed by atoms with E-state index in [1.165, 1.54) is 7.11 Å². The molecule has 1 N–H and O–H groups in total. The number of benzene rings is 3. The fraction of sp³-hybridized carbons (Fsp3) is 0.125. The standard InChI is InChI=1S/C24H21BrN2O3/c1-30-24(29)27-21(17-9-4-2-5-10-17)16-22(19-13-8-14-20(25)15-19)26-23(28)18-11-6-3-7-12-18/h2-15,22H,16H2,1H3,(H,26,28)/b27-21-/t22-/m0/s1. The van der Waals surface area contributed by atoms with Gasteiger partial charge in [0.25, 0.3) is 5.91 Å². The number of methoxy groups -OCH3 is 1. The van der Waals surface area contributed by atoms with Crippen molar-refractivity contribution < 1.29 is 14.3 Å². The van der Waals surface area contributed by atoms with Gasteiger partial charge in [-0.25, -0.2) is 4.79 Å². The highest BCUT2D eigenvalue weighted by molar-refractivity contribution is 9.10. The van der Waals surface area contributed by atoms with Crippen LogP contribution in [0.25, 0.3) is 0 Å². The summed E-state index contributed by atoms with van der Waals surface area (Å²) in [7, 11) is 1.29. The molecule has 3 aromatic rings. The van der Waals surface area contributed by atoms with Crippen LogP contribution in [-0.4, -0.2) is 24.8 Å². The van der Waals surface area contributed by atoms with E-state index in [1.807, 2.05) is 72.8 Å². The molecule has 3 aromatic carbocycles. The molecular weight excluding hydrogens is 444 g/mol. The maximum absolute atomic E-state index is 12.9. The van der Waals surface area contributed by atoms with Crippen molar-refractivity contribution in [2.24, 2.45) is 4.99 Å². The van der Waals surface area contributed by atoms with Crippen LogP contribution in [0, 0.1) is 0 Å². The lowest BCUT2D eigenvalue weighted by molar-refractivity contribution is 0.0938. The number of nitrogens with one attached hydrogen (secondary N) is 1. The highest BCUT2D eigenvalue weighted by Crippen LogP contribution is 2.24. The Morgan fingerprint density at radius 1 is 0.933 bits per heavy atom. The van der Waals surface area contributed by atoms with E-state index in [4.69, 9.17) is 4.74 Å². The van der Waals surface area contributed by atoms with Crippen molar-refractivity contribution in [3.63, 3.8) is 0 Å². The first-order chi connectivity index (χ1) is 14.6. The molecule has 5 nitrogen and oxygen atoms in total. The average molecular weight is 465 g/mol. The van der Waals surface area contributed by atoms with E-state index in [0.29, 0.717) is 17.7 Å². The number of hydrogen-bond donors (Lipinski definition) is 1. The molecule has 0 bridgehead atoms. The number of hydrogen-bond acceptors (Lipinski definition) is 3. The van der Waals surface area contributed by atoms with Gasteiger partial charge in [0, 0.05) is 16.5 Å². The summed E-state index contributed by atoms with van der Waals surface area (Å²) < 4.78 is 5.63.